The standard InChI is InChI=1S/C24H44O6Si/c1-6-11-17-28-22(25)15-16-23(26)29-21(10-5)24(27)30-31(18-12-7-2,19-13-8-3)20-14-9-4/h15-16,21H,6-14,17-20H2,1-5H3/b16-15-. The minimum atomic E-state index is -2.24. The van der Waals surface area contributed by atoms with E-state index in [0.29, 0.717) is 13.0 Å². The van der Waals surface area contributed by atoms with Crippen LogP contribution in [0.1, 0.15) is 92.4 Å². The van der Waals surface area contributed by atoms with Gasteiger partial charge in [0.1, 0.15) is 0 Å². The molecule has 0 aromatic rings. The zero-order valence-electron chi connectivity index (χ0n) is 20.4. The molecule has 0 radical (unpaired) electrons. The normalized spacial score (nSPS) is 12.5. The topological polar surface area (TPSA) is 78.9 Å². The van der Waals surface area contributed by atoms with E-state index in [0.717, 1.165) is 81.7 Å². The Morgan fingerprint density at radius 1 is 0.742 bits per heavy atom. The molecule has 1 unspecified atom stereocenters. The second-order valence-electron chi connectivity index (χ2n) is 8.10. The maximum absolute atomic E-state index is 12.9. The van der Waals surface area contributed by atoms with Crippen molar-refractivity contribution in [2.45, 2.75) is 117 Å². The zero-order valence-corrected chi connectivity index (χ0v) is 21.4. The molecule has 0 aliphatic carbocycles. The maximum atomic E-state index is 12.9. The van der Waals surface area contributed by atoms with Crippen LogP contribution in [0, 0.1) is 0 Å². The number of hydrogen-bond acceptors (Lipinski definition) is 6. The molecule has 0 bridgehead atoms. The largest absolute Gasteiger partial charge is 0.516 e. The van der Waals surface area contributed by atoms with E-state index in [1.807, 2.05) is 6.92 Å². The highest BCUT2D eigenvalue weighted by Crippen LogP contribution is 2.30. The Morgan fingerprint density at radius 3 is 1.68 bits per heavy atom. The van der Waals surface area contributed by atoms with Crippen molar-refractivity contribution in [2.24, 2.45) is 0 Å². The van der Waals surface area contributed by atoms with Crippen LogP contribution in [-0.4, -0.2) is 38.9 Å². The van der Waals surface area contributed by atoms with Crippen molar-refractivity contribution in [3.05, 3.63) is 12.2 Å². The van der Waals surface area contributed by atoms with Gasteiger partial charge in [-0.1, -0.05) is 79.6 Å². The third-order valence-corrected chi connectivity index (χ3v) is 9.69. The molecular formula is C24H44O6Si. The Labute approximate surface area is 190 Å². The summed E-state index contributed by atoms with van der Waals surface area (Å²) in [6.45, 7) is 10.5. The van der Waals surface area contributed by atoms with Gasteiger partial charge in [-0.05, 0) is 31.0 Å². The molecule has 0 heterocycles. The fraction of sp³-hybridized carbons (Fsp3) is 0.792. The van der Waals surface area contributed by atoms with Gasteiger partial charge in [-0.3, -0.25) is 0 Å². The number of carbonyl (C=O) groups is 3. The minimum absolute atomic E-state index is 0.318. The summed E-state index contributed by atoms with van der Waals surface area (Å²) in [5, 5.41) is 0. The van der Waals surface area contributed by atoms with Crippen LogP contribution in [-0.2, 0) is 28.3 Å². The molecule has 0 N–H and O–H groups in total. The van der Waals surface area contributed by atoms with Gasteiger partial charge in [0.2, 0.25) is 0 Å². The van der Waals surface area contributed by atoms with E-state index in [9.17, 15) is 14.4 Å². The van der Waals surface area contributed by atoms with Crippen LogP contribution < -0.4 is 0 Å². The first-order valence-electron chi connectivity index (χ1n) is 12.2. The quantitative estimate of drug-likeness (QED) is 0.107. The third kappa shape index (κ3) is 13.4. The summed E-state index contributed by atoms with van der Waals surface area (Å²) in [4.78, 5) is 36.7. The summed E-state index contributed by atoms with van der Waals surface area (Å²) < 4.78 is 16.5. The second kappa shape index (κ2) is 18.0. The van der Waals surface area contributed by atoms with Gasteiger partial charge in [0.05, 0.1) is 6.61 Å². The van der Waals surface area contributed by atoms with E-state index in [1.54, 1.807) is 6.92 Å². The summed E-state index contributed by atoms with van der Waals surface area (Å²) in [6, 6.07) is 2.88. The molecule has 0 amide bonds. The van der Waals surface area contributed by atoms with E-state index >= 15 is 0 Å². The Morgan fingerprint density at radius 2 is 1.23 bits per heavy atom. The lowest BCUT2D eigenvalue weighted by Gasteiger charge is -2.32. The SMILES string of the molecule is CCCCOC(=O)/C=C\C(=O)OC(CC)C(=O)O[Si](CCCC)(CCCC)CCCC. The average molecular weight is 457 g/mol. The van der Waals surface area contributed by atoms with Crippen molar-refractivity contribution in [1.82, 2.24) is 0 Å². The van der Waals surface area contributed by atoms with Gasteiger partial charge in [0.15, 0.2) is 6.10 Å². The molecule has 7 heteroatoms. The first-order chi connectivity index (χ1) is 14.9. The van der Waals surface area contributed by atoms with Crippen LogP contribution in [0.4, 0.5) is 0 Å². The van der Waals surface area contributed by atoms with Crippen LogP contribution in [0.2, 0.25) is 18.1 Å². The highest BCUT2D eigenvalue weighted by molar-refractivity contribution is 6.75. The summed E-state index contributed by atoms with van der Waals surface area (Å²) >= 11 is 0. The highest BCUT2D eigenvalue weighted by Gasteiger charge is 2.39. The number of ether oxygens (including phenoxy) is 2. The molecule has 0 aromatic carbocycles. The molecule has 0 aromatic heterocycles. The van der Waals surface area contributed by atoms with Crippen molar-refractivity contribution in [1.29, 1.82) is 0 Å². The fourth-order valence-corrected chi connectivity index (χ4v) is 7.89. The number of esters is 2. The molecule has 1 atom stereocenters. The molecule has 0 saturated heterocycles. The minimum Gasteiger partial charge on any atom is -0.516 e. The number of rotatable bonds is 18. The number of carbonyl (C=O) groups excluding carboxylic acids is 3. The van der Waals surface area contributed by atoms with E-state index in [-0.39, 0.29) is 0 Å². The van der Waals surface area contributed by atoms with Crippen LogP contribution in [0.5, 0.6) is 0 Å². The van der Waals surface area contributed by atoms with Crippen LogP contribution >= 0.6 is 0 Å². The van der Waals surface area contributed by atoms with Crippen molar-refractivity contribution >= 4 is 26.2 Å². The Kier molecular flexibility index (Phi) is 17.0. The first-order valence-corrected chi connectivity index (χ1v) is 14.7. The Bertz CT molecular complexity index is 524. The molecular weight excluding hydrogens is 412 g/mol. The van der Waals surface area contributed by atoms with E-state index in [2.05, 4.69) is 20.8 Å². The second-order valence-corrected chi connectivity index (χ2v) is 12.2. The van der Waals surface area contributed by atoms with Gasteiger partial charge in [-0.15, -0.1) is 0 Å². The molecule has 180 valence electrons. The van der Waals surface area contributed by atoms with Gasteiger partial charge >= 0.3 is 17.9 Å². The van der Waals surface area contributed by atoms with Gasteiger partial charge in [-0.2, -0.15) is 0 Å². The van der Waals surface area contributed by atoms with Gasteiger partial charge in [0, 0.05) is 12.2 Å². The molecule has 0 rings (SSSR count). The maximum Gasteiger partial charge on any atom is 0.334 e. The summed E-state index contributed by atoms with van der Waals surface area (Å²) in [5.41, 5.74) is 0. The van der Waals surface area contributed by atoms with Gasteiger partial charge in [0.25, 0.3) is 8.32 Å². The van der Waals surface area contributed by atoms with Crippen molar-refractivity contribution < 1.29 is 28.3 Å². The molecule has 0 aliphatic heterocycles. The Balaban J connectivity index is 5.08. The summed E-state index contributed by atoms with van der Waals surface area (Å²) in [6.07, 6.45) is 9.46. The molecule has 6 nitrogen and oxygen atoms in total. The number of unbranched alkanes of at least 4 members (excludes halogenated alkanes) is 4. The molecule has 0 aliphatic rings. The third-order valence-electron chi connectivity index (χ3n) is 5.26. The van der Waals surface area contributed by atoms with Gasteiger partial charge < -0.3 is 13.9 Å². The van der Waals surface area contributed by atoms with Crippen LogP contribution in [0.25, 0.3) is 0 Å². The lowest BCUT2D eigenvalue weighted by Crippen LogP contribution is -2.44. The lowest BCUT2D eigenvalue weighted by molar-refractivity contribution is -0.159. The molecule has 0 spiro atoms. The summed E-state index contributed by atoms with van der Waals surface area (Å²) in [5.74, 6) is -1.77. The predicted octanol–water partition coefficient (Wildman–Crippen LogP) is 6.10. The lowest BCUT2D eigenvalue weighted by atomic mass is 10.3. The van der Waals surface area contributed by atoms with E-state index in [1.165, 1.54) is 0 Å². The molecule has 31 heavy (non-hydrogen) atoms. The van der Waals surface area contributed by atoms with E-state index in [4.69, 9.17) is 13.9 Å². The average Bonchev–Trinajstić information content (AvgIpc) is 2.76. The highest BCUT2D eigenvalue weighted by atomic mass is 28.4. The first kappa shape index (κ1) is 29.4. The smallest absolute Gasteiger partial charge is 0.334 e. The summed E-state index contributed by atoms with van der Waals surface area (Å²) in [7, 11) is -2.24. The number of hydrogen-bond donors (Lipinski definition) is 0. The van der Waals surface area contributed by atoms with Crippen LogP contribution in [0.15, 0.2) is 12.2 Å². The fourth-order valence-electron chi connectivity index (χ4n) is 3.28. The monoisotopic (exact) mass is 456 g/mol. The van der Waals surface area contributed by atoms with Gasteiger partial charge in [-0.25, -0.2) is 14.4 Å². The predicted molar refractivity (Wildman–Crippen MR) is 126 cm³/mol. The van der Waals surface area contributed by atoms with Crippen molar-refractivity contribution in [3.8, 4) is 0 Å². The van der Waals surface area contributed by atoms with E-state index < -0.39 is 32.3 Å². The molecule has 0 fully saturated rings. The van der Waals surface area contributed by atoms with Crippen LogP contribution in [0.3, 0.4) is 0 Å². The van der Waals surface area contributed by atoms with Crippen molar-refractivity contribution in [3.63, 3.8) is 0 Å². The zero-order chi connectivity index (χ0) is 23.5. The van der Waals surface area contributed by atoms with Crippen molar-refractivity contribution in [2.75, 3.05) is 6.61 Å². The Hall–Kier alpha value is -1.63. The molecule has 0 saturated carbocycles.